The highest BCUT2D eigenvalue weighted by Gasteiger charge is 2.33. The van der Waals surface area contributed by atoms with Crippen molar-refractivity contribution in [2.24, 2.45) is 0 Å². The molecule has 190 valence electrons. The molecule has 0 radical (unpaired) electrons. The van der Waals surface area contributed by atoms with Crippen LogP contribution in [-0.4, -0.2) is 51.3 Å². The first-order chi connectivity index (χ1) is 17.1. The Labute approximate surface area is 221 Å². The number of likely N-dealkylation sites (N-methyl/N-ethyl adjacent to an activating group) is 1. The van der Waals surface area contributed by atoms with E-state index >= 15 is 0 Å². The number of carbonyl (C=O) groups is 2. The fourth-order valence-corrected chi connectivity index (χ4v) is 5.71. The SMILES string of the molecule is CNC(=O)[C@H](C)N(CCc1ccccc1)C(=O)CN(c1ccc(Cl)cc1Cl)S(=O)(=O)c1ccccc1. The third-order valence-electron chi connectivity index (χ3n) is 5.69. The number of hydrogen-bond donors (Lipinski definition) is 1. The molecule has 0 spiro atoms. The fraction of sp³-hybridized carbons (Fsp3) is 0.231. The summed E-state index contributed by atoms with van der Waals surface area (Å²) >= 11 is 12.4. The largest absolute Gasteiger partial charge is 0.357 e. The van der Waals surface area contributed by atoms with Crippen LogP contribution in [-0.2, 0) is 26.0 Å². The number of benzene rings is 3. The first kappa shape index (κ1) is 27.5. The Morgan fingerprint density at radius 1 is 0.944 bits per heavy atom. The second kappa shape index (κ2) is 12.3. The van der Waals surface area contributed by atoms with Crippen LogP contribution < -0.4 is 9.62 Å². The molecule has 0 aliphatic carbocycles. The quantitative estimate of drug-likeness (QED) is 0.407. The van der Waals surface area contributed by atoms with Gasteiger partial charge in [-0.15, -0.1) is 0 Å². The summed E-state index contributed by atoms with van der Waals surface area (Å²) in [7, 11) is -2.69. The van der Waals surface area contributed by atoms with E-state index in [1.807, 2.05) is 30.3 Å². The van der Waals surface area contributed by atoms with Crippen LogP contribution in [0.3, 0.4) is 0 Å². The molecule has 0 saturated carbocycles. The van der Waals surface area contributed by atoms with Gasteiger partial charge in [0.1, 0.15) is 12.6 Å². The van der Waals surface area contributed by atoms with Gasteiger partial charge in [-0.3, -0.25) is 13.9 Å². The molecule has 1 N–H and O–H groups in total. The van der Waals surface area contributed by atoms with Crippen LogP contribution in [0, 0.1) is 0 Å². The summed E-state index contributed by atoms with van der Waals surface area (Å²) in [5, 5.41) is 2.95. The van der Waals surface area contributed by atoms with Crippen molar-refractivity contribution in [3.8, 4) is 0 Å². The summed E-state index contributed by atoms with van der Waals surface area (Å²) in [4.78, 5) is 27.5. The van der Waals surface area contributed by atoms with Gasteiger partial charge in [-0.05, 0) is 49.2 Å². The maximum Gasteiger partial charge on any atom is 0.264 e. The second-order valence-electron chi connectivity index (χ2n) is 8.03. The van der Waals surface area contributed by atoms with Crippen LogP contribution in [0.25, 0.3) is 0 Å². The Bertz CT molecular complexity index is 1310. The Morgan fingerprint density at radius 3 is 2.14 bits per heavy atom. The smallest absolute Gasteiger partial charge is 0.264 e. The fourth-order valence-electron chi connectivity index (χ4n) is 3.70. The van der Waals surface area contributed by atoms with E-state index in [1.54, 1.807) is 25.1 Å². The predicted octanol–water partition coefficient (Wildman–Crippen LogP) is 4.39. The highest BCUT2D eigenvalue weighted by Crippen LogP contribution is 2.32. The van der Waals surface area contributed by atoms with Crippen molar-refractivity contribution in [3.05, 3.63) is 94.5 Å². The Hall–Kier alpha value is -3.07. The van der Waals surface area contributed by atoms with Crippen LogP contribution in [0.4, 0.5) is 5.69 Å². The molecule has 0 aliphatic heterocycles. The average Bonchev–Trinajstić information content (AvgIpc) is 2.88. The number of rotatable bonds is 10. The van der Waals surface area contributed by atoms with Crippen molar-refractivity contribution in [3.63, 3.8) is 0 Å². The van der Waals surface area contributed by atoms with Crippen LogP contribution in [0.5, 0.6) is 0 Å². The molecule has 3 rings (SSSR count). The zero-order chi connectivity index (χ0) is 26.3. The molecular formula is C26H27Cl2N3O4S. The summed E-state index contributed by atoms with van der Waals surface area (Å²) in [6.07, 6.45) is 0.487. The number of halogens is 2. The molecule has 3 aromatic carbocycles. The number of amides is 2. The summed E-state index contributed by atoms with van der Waals surface area (Å²) in [5.41, 5.74) is 1.09. The lowest BCUT2D eigenvalue weighted by molar-refractivity contribution is -0.138. The van der Waals surface area contributed by atoms with E-state index in [1.165, 1.54) is 42.3 Å². The number of carbonyl (C=O) groups excluding carboxylic acids is 2. The second-order valence-corrected chi connectivity index (χ2v) is 10.7. The zero-order valence-corrected chi connectivity index (χ0v) is 22.2. The predicted molar refractivity (Wildman–Crippen MR) is 143 cm³/mol. The number of anilines is 1. The van der Waals surface area contributed by atoms with Gasteiger partial charge in [-0.2, -0.15) is 0 Å². The number of sulfonamides is 1. The van der Waals surface area contributed by atoms with Gasteiger partial charge in [0.15, 0.2) is 0 Å². The molecule has 0 bridgehead atoms. The van der Waals surface area contributed by atoms with Crippen molar-refractivity contribution < 1.29 is 18.0 Å². The van der Waals surface area contributed by atoms with Gasteiger partial charge in [-0.1, -0.05) is 71.7 Å². The van der Waals surface area contributed by atoms with Gasteiger partial charge >= 0.3 is 0 Å². The van der Waals surface area contributed by atoms with E-state index in [-0.39, 0.29) is 28.1 Å². The van der Waals surface area contributed by atoms with Gasteiger partial charge < -0.3 is 10.2 Å². The molecule has 10 heteroatoms. The minimum atomic E-state index is -4.18. The molecule has 0 aromatic heterocycles. The molecule has 7 nitrogen and oxygen atoms in total. The van der Waals surface area contributed by atoms with Crippen LogP contribution in [0.2, 0.25) is 10.0 Å². The van der Waals surface area contributed by atoms with E-state index in [4.69, 9.17) is 23.2 Å². The van der Waals surface area contributed by atoms with E-state index in [0.717, 1.165) is 9.87 Å². The lowest BCUT2D eigenvalue weighted by atomic mass is 10.1. The van der Waals surface area contributed by atoms with Crippen LogP contribution >= 0.6 is 23.2 Å². The van der Waals surface area contributed by atoms with Gasteiger partial charge in [0, 0.05) is 18.6 Å². The summed E-state index contributed by atoms with van der Waals surface area (Å²) in [6.45, 7) is 1.26. The van der Waals surface area contributed by atoms with Crippen molar-refractivity contribution >= 4 is 50.7 Å². The molecule has 0 saturated heterocycles. The Balaban J connectivity index is 1.99. The van der Waals surface area contributed by atoms with Gasteiger partial charge in [-0.25, -0.2) is 8.42 Å². The van der Waals surface area contributed by atoms with Gasteiger partial charge in [0.25, 0.3) is 10.0 Å². The van der Waals surface area contributed by atoms with E-state index in [2.05, 4.69) is 5.32 Å². The normalized spacial score (nSPS) is 12.0. The van der Waals surface area contributed by atoms with Crippen LogP contribution in [0.15, 0.2) is 83.8 Å². The maximum absolute atomic E-state index is 13.7. The average molecular weight is 548 g/mol. The minimum absolute atomic E-state index is 0.000924. The first-order valence-electron chi connectivity index (χ1n) is 11.2. The summed E-state index contributed by atoms with van der Waals surface area (Å²) in [5.74, 6) is -0.911. The van der Waals surface area contributed by atoms with Crippen molar-refractivity contribution in [2.75, 3.05) is 24.4 Å². The Kier molecular flexibility index (Phi) is 9.37. The van der Waals surface area contributed by atoms with Crippen LogP contribution in [0.1, 0.15) is 12.5 Å². The highest BCUT2D eigenvalue weighted by atomic mass is 35.5. The molecule has 0 fully saturated rings. The maximum atomic E-state index is 13.7. The van der Waals surface area contributed by atoms with E-state index in [9.17, 15) is 18.0 Å². The Morgan fingerprint density at radius 2 is 1.56 bits per heavy atom. The van der Waals surface area contributed by atoms with E-state index in [0.29, 0.717) is 11.4 Å². The number of nitrogens with one attached hydrogen (secondary N) is 1. The van der Waals surface area contributed by atoms with Gasteiger partial charge in [0.2, 0.25) is 11.8 Å². The standard InChI is InChI=1S/C26H27Cl2N3O4S/c1-19(26(33)29-2)30(16-15-20-9-5-3-6-10-20)25(32)18-31(24-14-13-21(27)17-23(24)28)36(34,35)22-11-7-4-8-12-22/h3-14,17,19H,15-16,18H2,1-2H3,(H,29,33)/t19-/m0/s1. The molecule has 2 amide bonds. The molecule has 3 aromatic rings. The first-order valence-corrected chi connectivity index (χ1v) is 13.4. The monoisotopic (exact) mass is 547 g/mol. The zero-order valence-electron chi connectivity index (χ0n) is 19.9. The summed E-state index contributed by atoms with van der Waals surface area (Å²) < 4.78 is 28.3. The minimum Gasteiger partial charge on any atom is -0.357 e. The van der Waals surface area contributed by atoms with Crippen molar-refractivity contribution in [1.82, 2.24) is 10.2 Å². The highest BCUT2D eigenvalue weighted by molar-refractivity contribution is 7.92. The lowest BCUT2D eigenvalue weighted by Gasteiger charge is -2.32. The third kappa shape index (κ3) is 6.57. The van der Waals surface area contributed by atoms with Crippen molar-refractivity contribution in [2.45, 2.75) is 24.3 Å². The molecule has 1 atom stereocenters. The van der Waals surface area contributed by atoms with Crippen molar-refractivity contribution in [1.29, 1.82) is 0 Å². The third-order valence-corrected chi connectivity index (χ3v) is 8.00. The number of hydrogen-bond acceptors (Lipinski definition) is 4. The molecule has 36 heavy (non-hydrogen) atoms. The summed E-state index contributed by atoms with van der Waals surface area (Å²) in [6, 6.07) is 20.8. The molecule has 0 unspecified atom stereocenters. The molecular weight excluding hydrogens is 521 g/mol. The number of nitrogens with zero attached hydrogens (tertiary/aromatic N) is 2. The molecule has 0 heterocycles. The van der Waals surface area contributed by atoms with Gasteiger partial charge in [0.05, 0.1) is 15.6 Å². The topological polar surface area (TPSA) is 86.8 Å². The molecule has 0 aliphatic rings. The van der Waals surface area contributed by atoms with E-state index < -0.39 is 28.5 Å². The lowest BCUT2D eigenvalue weighted by Crippen LogP contribution is -2.51.